The number of aromatic nitrogens is 2. The molecule has 0 spiro atoms. The summed E-state index contributed by atoms with van der Waals surface area (Å²) in [5.41, 5.74) is 7.28. The molecule has 2 aromatic carbocycles. The highest BCUT2D eigenvalue weighted by Gasteiger charge is 2.23. The summed E-state index contributed by atoms with van der Waals surface area (Å²) in [7, 11) is 0. The van der Waals surface area contributed by atoms with Crippen LogP contribution in [0.25, 0.3) is 11.6 Å². The highest BCUT2D eigenvalue weighted by molar-refractivity contribution is 9.10. The molecule has 2 nitrogen and oxygen atoms in total. The number of rotatable bonds is 3. The number of benzene rings is 2. The first kappa shape index (κ1) is 18.8. The summed E-state index contributed by atoms with van der Waals surface area (Å²) >= 11 is 16.0. The zero-order chi connectivity index (χ0) is 19.0. The topological polar surface area (TPSA) is 17.8 Å². The van der Waals surface area contributed by atoms with Crippen molar-refractivity contribution in [2.24, 2.45) is 0 Å². The average Bonchev–Trinajstić information content (AvgIpc) is 2.96. The molecule has 4 rings (SSSR count). The van der Waals surface area contributed by atoms with Crippen LogP contribution in [-0.4, -0.2) is 9.78 Å². The van der Waals surface area contributed by atoms with Crippen LogP contribution in [0.1, 0.15) is 40.9 Å². The van der Waals surface area contributed by atoms with Crippen molar-refractivity contribution in [3.05, 3.63) is 85.1 Å². The van der Waals surface area contributed by atoms with Crippen molar-refractivity contribution in [3.63, 3.8) is 0 Å². The van der Waals surface area contributed by atoms with Gasteiger partial charge in [-0.25, -0.2) is 0 Å². The fourth-order valence-electron chi connectivity index (χ4n) is 3.68. The summed E-state index contributed by atoms with van der Waals surface area (Å²) in [6.07, 6.45) is 5.57. The number of halogens is 3. The number of allylic oxidation sites excluding steroid dienone is 1. The summed E-state index contributed by atoms with van der Waals surface area (Å²) < 4.78 is 3.19. The molecule has 0 unspecified atom stereocenters. The molecule has 138 valence electrons. The number of nitrogens with zero attached hydrogens (tertiary/aromatic N) is 2. The summed E-state index contributed by atoms with van der Waals surface area (Å²) in [6, 6.07) is 14.1. The second kappa shape index (κ2) is 7.83. The van der Waals surface area contributed by atoms with E-state index in [-0.39, 0.29) is 0 Å². The minimum absolute atomic E-state index is 0.643. The van der Waals surface area contributed by atoms with Crippen molar-refractivity contribution >= 4 is 50.8 Å². The standard InChI is InChI=1S/C22H19BrCl2N2/c1-14-20-4-2-3-16(11-15-5-8-18(23)9-6-15)22(20)27(26-14)13-17-7-10-19(24)12-21(17)25/h5-12H,2-4,13H2,1H3/b16-11+. The van der Waals surface area contributed by atoms with Crippen molar-refractivity contribution in [1.29, 1.82) is 0 Å². The Labute approximate surface area is 177 Å². The SMILES string of the molecule is Cc1nn(Cc2ccc(Cl)cc2Cl)c2c1CCC/C2=C\c1ccc(Br)cc1. The predicted octanol–water partition coefficient (Wildman–Crippen LogP) is 7.19. The molecule has 0 N–H and O–H groups in total. The monoisotopic (exact) mass is 460 g/mol. The smallest absolute Gasteiger partial charge is 0.0681 e. The Hall–Kier alpha value is -1.55. The number of aryl methyl sites for hydroxylation is 1. The average molecular weight is 462 g/mol. The van der Waals surface area contributed by atoms with Crippen molar-refractivity contribution in [2.75, 3.05) is 0 Å². The molecule has 1 aliphatic rings. The molecule has 0 aliphatic heterocycles. The van der Waals surface area contributed by atoms with E-state index < -0.39 is 0 Å². The molecule has 0 bridgehead atoms. The fourth-order valence-corrected chi connectivity index (χ4v) is 4.41. The molecule has 1 aliphatic carbocycles. The van der Waals surface area contributed by atoms with Gasteiger partial charge in [-0.05, 0) is 73.2 Å². The van der Waals surface area contributed by atoms with Gasteiger partial charge < -0.3 is 0 Å². The highest BCUT2D eigenvalue weighted by atomic mass is 79.9. The summed E-state index contributed by atoms with van der Waals surface area (Å²) in [5, 5.41) is 6.16. The van der Waals surface area contributed by atoms with Gasteiger partial charge in [0.1, 0.15) is 0 Å². The van der Waals surface area contributed by atoms with Crippen LogP contribution >= 0.6 is 39.1 Å². The Morgan fingerprint density at radius 2 is 1.89 bits per heavy atom. The maximum Gasteiger partial charge on any atom is 0.0681 e. The van der Waals surface area contributed by atoms with Gasteiger partial charge in [0.15, 0.2) is 0 Å². The van der Waals surface area contributed by atoms with E-state index >= 15 is 0 Å². The second-order valence-electron chi connectivity index (χ2n) is 6.88. The van der Waals surface area contributed by atoms with Crippen molar-refractivity contribution in [3.8, 4) is 0 Å². The predicted molar refractivity (Wildman–Crippen MR) is 117 cm³/mol. The first-order valence-electron chi connectivity index (χ1n) is 8.98. The first-order chi connectivity index (χ1) is 13.0. The van der Waals surface area contributed by atoms with Gasteiger partial charge in [0.05, 0.1) is 17.9 Å². The Morgan fingerprint density at radius 1 is 1.11 bits per heavy atom. The minimum atomic E-state index is 0.643. The Balaban J connectivity index is 1.76. The maximum atomic E-state index is 6.41. The summed E-state index contributed by atoms with van der Waals surface area (Å²) in [4.78, 5) is 0. The molecule has 0 fully saturated rings. The van der Waals surface area contributed by atoms with Crippen LogP contribution in [0.4, 0.5) is 0 Å². The number of fused-ring (bicyclic) bond motifs is 1. The third-order valence-corrected chi connectivity index (χ3v) is 6.09. The van der Waals surface area contributed by atoms with Crippen LogP contribution < -0.4 is 0 Å². The van der Waals surface area contributed by atoms with E-state index in [1.165, 1.54) is 22.4 Å². The van der Waals surface area contributed by atoms with E-state index in [1.807, 2.05) is 12.1 Å². The number of hydrogen-bond donors (Lipinski definition) is 0. The van der Waals surface area contributed by atoms with E-state index in [0.717, 1.165) is 35.0 Å². The lowest BCUT2D eigenvalue weighted by molar-refractivity contribution is 0.663. The van der Waals surface area contributed by atoms with Gasteiger partial charge in [-0.1, -0.05) is 57.3 Å². The van der Waals surface area contributed by atoms with E-state index in [4.69, 9.17) is 28.3 Å². The minimum Gasteiger partial charge on any atom is -0.260 e. The van der Waals surface area contributed by atoms with E-state index in [0.29, 0.717) is 16.6 Å². The van der Waals surface area contributed by atoms with E-state index in [9.17, 15) is 0 Å². The van der Waals surface area contributed by atoms with Crippen LogP contribution in [0.3, 0.4) is 0 Å². The van der Waals surface area contributed by atoms with Gasteiger partial charge in [0.2, 0.25) is 0 Å². The lowest BCUT2D eigenvalue weighted by atomic mass is 9.90. The van der Waals surface area contributed by atoms with Gasteiger partial charge in [0, 0.05) is 20.1 Å². The molecular weight excluding hydrogens is 443 g/mol. The largest absolute Gasteiger partial charge is 0.260 e. The molecule has 0 radical (unpaired) electrons. The zero-order valence-corrected chi connectivity index (χ0v) is 18.1. The second-order valence-corrected chi connectivity index (χ2v) is 8.64. The van der Waals surface area contributed by atoms with Gasteiger partial charge in [-0.15, -0.1) is 0 Å². The lowest BCUT2D eigenvalue weighted by Gasteiger charge is -2.19. The van der Waals surface area contributed by atoms with Crippen LogP contribution in [0.2, 0.25) is 10.0 Å². The third-order valence-electron chi connectivity index (χ3n) is 4.97. The number of hydrogen-bond acceptors (Lipinski definition) is 1. The molecule has 5 heteroatoms. The van der Waals surface area contributed by atoms with Crippen molar-refractivity contribution < 1.29 is 0 Å². The van der Waals surface area contributed by atoms with Gasteiger partial charge in [0.25, 0.3) is 0 Å². The lowest BCUT2D eigenvalue weighted by Crippen LogP contribution is -2.10. The molecular formula is C22H19BrCl2N2. The molecule has 1 aromatic heterocycles. The van der Waals surface area contributed by atoms with Crippen molar-refractivity contribution in [2.45, 2.75) is 32.7 Å². The quantitative estimate of drug-likeness (QED) is 0.403. The zero-order valence-electron chi connectivity index (χ0n) is 15.0. The fraction of sp³-hybridized carbons (Fsp3) is 0.227. The normalized spacial score (nSPS) is 15.2. The van der Waals surface area contributed by atoms with Crippen LogP contribution in [0, 0.1) is 6.92 Å². The van der Waals surface area contributed by atoms with Gasteiger partial charge >= 0.3 is 0 Å². The summed E-state index contributed by atoms with van der Waals surface area (Å²) in [6.45, 7) is 2.74. The van der Waals surface area contributed by atoms with Crippen LogP contribution in [0.15, 0.2) is 46.9 Å². The van der Waals surface area contributed by atoms with Crippen LogP contribution in [-0.2, 0) is 13.0 Å². The van der Waals surface area contributed by atoms with E-state index in [1.54, 1.807) is 6.07 Å². The molecule has 0 atom stereocenters. The molecule has 0 amide bonds. The first-order valence-corrected chi connectivity index (χ1v) is 10.5. The van der Waals surface area contributed by atoms with Crippen molar-refractivity contribution in [1.82, 2.24) is 9.78 Å². The molecule has 0 saturated carbocycles. The van der Waals surface area contributed by atoms with Crippen LogP contribution in [0.5, 0.6) is 0 Å². The Morgan fingerprint density at radius 3 is 2.63 bits per heavy atom. The molecule has 3 aromatic rings. The summed E-state index contributed by atoms with van der Waals surface area (Å²) in [5.74, 6) is 0. The molecule has 0 saturated heterocycles. The van der Waals surface area contributed by atoms with Gasteiger partial charge in [-0.3, -0.25) is 4.68 Å². The molecule has 27 heavy (non-hydrogen) atoms. The maximum absolute atomic E-state index is 6.41. The third kappa shape index (κ3) is 4.01. The van der Waals surface area contributed by atoms with Gasteiger partial charge in [-0.2, -0.15) is 5.10 Å². The van der Waals surface area contributed by atoms with E-state index in [2.05, 4.69) is 57.9 Å². The Kier molecular flexibility index (Phi) is 5.45. The molecule has 1 heterocycles. The Bertz CT molecular complexity index is 1020. The highest BCUT2D eigenvalue weighted by Crippen LogP contribution is 2.35.